The van der Waals surface area contributed by atoms with Crippen LogP contribution < -0.4 is 14.8 Å². The number of hydrogen-bond donors (Lipinski definition) is 1. The molecule has 1 unspecified atom stereocenters. The van der Waals surface area contributed by atoms with E-state index in [1.807, 2.05) is 26.8 Å². The standard InChI is InChI=1S/C23H29IN2O5/c1-4-14(3)31-20-18(24)12-15(13-19(20)30-5-2)11-17-21(27)25-23(29)26(22(17)28)16-9-7-6-8-10-16/h11-14,16H,4-10H2,1-3H3,(H,25,27,29)/b17-11-. The minimum Gasteiger partial charge on any atom is -0.490 e. The molecule has 1 aliphatic heterocycles. The maximum absolute atomic E-state index is 13.1. The monoisotopic (exact) mass is 540 g/mol. The summed E-state index contributed by atoms with van der Waals surface area (Å²) in [6.07, 6.45) is 7.00. The zero-order valence-electron chi connectivity index (χ0n) is 18.2. The molecule has 1 N–H and O–H groups in total. The number of barbiturate groups is 1. The van der Waals surface area contributed by atoms with Crippen LogP contribution >= 0.6 is 22.6 Å². The molecular weight excluding hydrogens is 511 g/mol. The molecule has 31 heavy (non-hydrogen) atoms. The maximum Gasteiger partial charge on any atom is 0.331 e. The number of amides is 4. The van der Waals surface area contributed by atoms with Gasteiger partial charge in [0.2, 0.25) is 0 Å². The molecule has 4 amide bonds. The molecule has 1 aromatic rings. The second kappa shape index (κ2) is 10.5. The molecule has 2 aliphatic rings. The molecule has 1 heterocycles. The third kappa shape index (κ3) is 5.39. The minimum absolute atomic E-state index is 0.0256. The van der Waals surface area contributed by atoms with Gasteiger partial charge in [-0.25, -0.2) is 4.79 Å². The highest BCUT2D eigenvalue weighted by Gasteiger charge is 2.40. The van der Waals surface area contributed by atoms with E-state index in [1.165, 1.54) is 11.0 Å². The van der Waals surface area contributed by atoms with E-state index in [9.17, 15) is 14.4 Å². The van der Waals surface area contributed by atoms with Crippen LogP contribution in [0, 0.1) is 3.57 Å². The number of nitrogens with one attached hydrogen (secondary N) is 1. The molecule has 0 aromatic heterocycles. The molecule has 8 heteroatoms. The summed E-state index contributed by atoms with van der Waals surface area (Å²) < 4.78 is 12.6. The second-order valence-corrected chi connectivity index (χ2v) is 9.05. The first-order chi connectivity index (χ1) is 14.8. The lowest BCUT2D eigenvalue weighted by atomic mass is 9.93. The van der Waals surface area contributed by atoms with Gasteiger partial charge in [0.1, 0.15) is 5.57 Å². The number of carbonyl (C=O) groups excluding carboxylic acids is 3. The first kappa shape index (κ1) is 23.6. The van der Waals surface area contributed by atoms with Crippen molar-refractivity contribution in [1.29, 1.82) is 0 Å². The lowest BCUT2D eigenvalue weighted by molar-refractivity contribution is -0.132. The summed E-state index contributed by atoms with van der Waals surface area (Å²) in [5.41, 5.74) is 0.597. The fraction of sp³-hybridized carbons (Fsp3) is 0.522. The molecule has 3 rings (SSSR count). The zero-order chi connectivity index (χ0) is 22.5. The Morgan fingerprint density at radius 2 is 1.90 bits per heavy atom. The van der Waals surface area contributed by atoms with Crippen molar-refractivity contribution in [3.63, 3.8) is 0 Å². The number of nitrogens with zero attached hydrogens (tertiary/aromatic N) is 1. The average Bonchev–Trinajstić information content (AvgIpc) is 2.74. The summed E-state index contributed by atoms with van der Waals surface area (Å²) in [4.78, 5) is 39.2. The SMILES string of the molecule is CCOc1cc(/C=C2/C(=O)NC(=O)N(C3CCCCC3)C2=O)cc(I)c1OC(C)CC. The normalized spacial score (nSPS) is 20.1. The quantitative estimate of drug-likeness (QED) is 0.309. The van der Waals surface area contributed by atoms with Crippen LogP contribution in [0.4, 0.5) is 4.79 Å². The Kier molecular flexibility index (Phi) is 7.96. The summed E-state index contributed by atoms with van der Waals surface area (Å²) in [7, 11) is 0. The van der Waals surface area contributed by atoms with E-state index in [0.29, 0.717) is 23.7 Å². The van der Waals surface area contributed by atoms with Gasteiger partial charge in [-0.1, -0.05) is 26.2 Å². The number of imide groups is 2. The van der Waals surface area contributed by atoms with Crippen LogP contribution in [0.5, 0.6) is 11.5 Å². The molecule has 1 aliphatic carbocycles. The molecule has 0 radical (unpaired) electrons. The van der Waals surface area contributed by atoms with Gasteiger partial charge in [-0.05, 0) is 79.5 Å². The van der Waals surface area contributed by atoms with Crippen LogP contribution in [0.3, 0.4) is 0 Å². The second-order valence-electron chi connectivity index (χ2n) is 7.88. The predicted octanol–water partition coefficient (Wildman–Crippen LogP) is 4.66. The molecule has 0 bridgehead atoms. The van der Waals surface area contributed by atoms with Crippen LogP contribution in [0.1, 0.15) is 64.9 Å². The van der Waals surface area contributed by atoms with E-state index in [0.717, 1.165) is 42.1 Å². The van der Waals surface area contributed by atoms with E-state index in [2.05, 4.69) is 27.9 Å². The Hall–Kier alpha value is -2.10. The largest absolute Gasteiger partial charge is 0.490 e. The summed E-state index contributed by atoms with van der Waals surface area (Å²) in [6, 6.07) is 2.82. The van der Waals surface area contributed by atoms with E-state index in [4.69, 9.17) is 9.47 Å². The van der Waals surface area contributed by atoms with Gasteiger partial charge in [0.25, 0.3) is 11.8 Å². The van der Waals surface area contributed by atoms with Crippen molar-refractivity contribution in [2.24, 2.45) is 0 Å². The molecular formula is C23H29IN2O5. The number of hydrogen-bond acceptors (Lipinski definition) is 5. The first-order valence-corrected chi connectivity index (χ1v) is 12.0. The zero-order valence-corrected chi connectivity index (χ0v) is 20.4. The van der Waals surface area contributed by atoms with Crippen molar-refractivity contribution in [3.05, 3.63) is 26.8 Å². The summed E-state index contributed by atoms with van der Waals surface area (Å²) in [6.45, 7) is 6.38. The molecule has 1 saturated carbocycles. The molecule has 168 valence electrons. The highest BCUT2D eigenvalue weighted by Crippen LogP contribution is 2.36. The summed E-state index contributed by atoms with van der Waals surface area (Å²) in [5, 5.41) is 2.33. The van der Waals surface area contributed by atoms with Gasteiger partial charge in [0.15, 0.2) is 11.5 Å². The number of urea groups is 1. The van der Waals surface area contributed by atoms with E-state index in [1.54, 1.807) is 6.07 Å². The minimum atomic E-state index is -0.671. The molecule has 1 atom stereocenters. The van der Waals surface area contributed by atoms with Gasteiger partial charge in [-0.15, -0.1) is 0 Å². The van der Waals surface area contributed by atoms with E-state index < -0.39 is 17.8 Å². The first-order valence-electron chi connectivity index (χ1n) is 10.9. The Bertz CT molecular complexity index is 892. The van der Waals surface area contributed by atoms with Crippen molar-refractivity contribution in [2.75, 3.05) is 6.61 Å². The fourth-order valence-electron chi connectivity index (χ4n) is 3.84. The number of ether oxygens (including phenoxy) is 2. The van der Waals surface area contributed by atoms with Gasteiger partial charge >= 0.3 is 6.03 Å². The van der Waals surface area contributed by atoms with Crippen LogP contribution in [-0.4, -0.2) is 41.5 Å². The Labute approximate surface area is 196 Å². The van der Waals surface area contributed by atoms with Crippen molar-refractivity contribution in [1.82, 2.24) is 10.2 Å². The molecule has 1 saturated heterocycles. The van der Waals surface area contributed by atoms with Gasteiger partial charge in [0.05, 0.1) is 16.3 Å². The van der Waals surface area contributed by atoms with Crippen LogP contribution in [0.25, 0.3) is 6.08 Å². The average molecular weight is 540 g/mol. The lowest BCUT2D eigenvalue weighted by Gasteiger charge is -2.35. The third-order valence-electron chi connectivity index (χ3n) is 5.61. The smallest absolute Gasteiger partial charge is 0.331 e. The molecule has 1 aromatic carbocycles. The highest BCUT2D eigenvalue weighted by molar-refractivity contribution is 14.1. The maximum atomic E-state index is 13.1. The molecule has 2 fully saturated rings. The Morgan fingerprint density at radius 3 is 2.55 bits per heavy atom. The van der Waals surface area contributed by atoms with Crippen LogP contribution in [-0.2, 0) is 9.59 Å². The molecule has 7 nitrogen and oxygen atoms in total. The van der Waals surface area contributed by atoms with E-state index in [-0.39, 0.29) is 17.7 Å². The van der Waals surface area contributed by atoms with Crippen molar-refractivity contribution in [3.8, 4) is 11.5 Å². The van der Waals surface area contributed by atoms with Crippen LogP contribution in [0.15, 0.2) is 17.7 Å². The topological polar surface area (TPSA) is 84.9 Å². The van der Waals surface area contributed by atoms with Gasteiger partial charge < -0.3 is 9.47 Å². The molecule has 0 spiro atoms. The summed E-state index contributed by atoms with van der Waals surface area (Å²) >= 11 is 2.16. The Morgan fingerprint density at radius 1 is 1.19 bits per heavy atom. The van der Waals surface area contributed by atoms with Crippen molar-refractivity contribution in [2.45, 2.75) is 71.4 Å². The Balaban J connectivity index is 1.95. The predicted molar refractivity (Wildman–Crippen MR) is 126 cm³/mol. The number of benzene rings is 1. The summed E-state index contributed by atoms with van der Waals surface area (Å²) in [5.74, 6) is 0.00585. The van der Waals surface area contributed by atoms with Gasteiger partial charge in [-0.2, -0.15) is 0 Å². The van der Waals surface area contributed by atoms with Gasteiger partial charge in [-0.3, -0.25) is 19.8 Å². The lowest BCUT2D eigenvalue weighted by Crippen LogP contribution is -2.58. The third-order valence-corrected chi connectivity index (χ3v) is 6.41. The highest BCUT2D eigenvalue weighted by atomic mass is 127. The van der Waals surface area contributed by atoms with Gasteiger partial charge in [0, 0.05) is 6.04 Å². The van der Waals surface area contributed by atoms with E-state index >= 15 is 0 Å². The van der Waals surface area contributed by atoms with Crippen molar-refractivity contribution < 1.29 is 23.9 Å². The van der Waals surface area contributed by atoms with Crippen LogP contribution in [0.2, 0.25) is 0 Å². The fourth-order valence-corrected chi connectivity index (χ4v) is 4.59. The number of carbonyl (C=O) groups is 3. The van der Waals surface area contributed by atoms with Crippen molar-refractivity contribution >= 4 is 46.5 Å². The number of halogens is 1. The number of rotatable bonds is 7.